The number of nitrogens with zero attached hydrogens (tertiary/aromatic N) is 1. The Morgan fingerprint density at radius 2 is 2.05 bits per heavy atom. The summed E-state index contributed by atoms with van der Waals surface area (Å²) in [6.07, 6.45) is 7.43. The van der Waals surface area contributed by atoms with Gasteiger partial charge in [0.05, 0.1) is 5.69 Å². The average Bonchev–Trinajstić information content (AvgIpc) is 2.96. The fourth-order valence-electron chi connectivity index (χ4n) is 3.40. The van der Waals surface area contributed by atoms with Crippen molar-refractivity contribution in [2.45, 2.75) is 45.1 Å². The molecule has 1 aliphatic rings. The summed E-state index contributed by atoms with van der Waals surface area (Å²) in [5.41, 5.74) is 7.67. The zero-order chi connectivity index (χ0) is 15.7. The molecule has 5 heteroatoms. The second-order valence-corrected chi connectivity index (χ2v) is 6.96. The number of carbonyl (C=O) groups excluding carboxylic acids is 1. The van der Waals surface area contributed by atoms with Crippen LogP contribution in [-0.4, -0.2) is 21.4 Å². The van der Waals surface area contributed by atoms with Gasteiger partial charge >= 0.3 is 0 Å². The SMILES string of the molecule is CC(C)(N)[C@H]1CC[C@H](C(=O)Nc2ccnc3[nH]ccc23)CC1. The lowest BCUT2D eigenvalue weighted by Gasteiger charge is -2.36. The number of aromatic nitrogens is 2. The molecule has 0 atom stereocenters. The number of nitrogens with one attached hydrogen (secondary N) is 2. The minimum Gasteiger partial charge on any atom is -0.346 e. The maximum Gasteiger partial charge on any atom is 0.227 e. The molecule has 0 aromatic carbocycles. The zero-order valence-electron chi connectivity index (χ0n) is 13.2. The van der Waals surface area contributed by atoms with Crippen LogP contribution < -0.4 is 11.1 Å². The molecule has 0 bridgehead atoms. The first-order chi connectivity index (χ1) is 10.4. The Labute approximate surface area is 130 Å². The Morgan fingerprint density at radius 3 is 2.73 bits per heavy atom. The van der Waals surface area contributed by atoms with Crippen molar-refractivity contribution in [1.82, 2.24) is 9.97 Å². The van der Waals surface area contributed by atoms with Crippen LogP contribution in [-0.2, 0) is 4.79 Å². The van der Waals surface area contributed by atoms with Gasteiger partial charge < -0.3 is 16.0 Å². The molecule has 3 rings (SSSR count). The Bertz CT molecular complexity index is 663. The Balaban J connectivity index is 1.65. The van der Waals surface area contributed by atoms with Crippen LogP contribution in [0.1, 0.15) is 39.5 Å². The molecular formula is C17H24N4O. The van der Waals surface area contributed by atoms with Gasteiger partial charge in [-0.15, -0.1) is 0 Å². The molecule has 2 aromatic rings. The van der Waals surface area contributed by atoms with Crippen molar-refractivity contribution in [2.24, 2.45) is 17.6 Å². The van der Waals surface area contributed by atoms with E-state index >= 15 is 0 Å². The van der Waals surface area contributed by atoms with Gasteiger partial charge in [0.1, 0.15) is 5.65 Å². The highest BCUT2D eigenvalue weighted by Gasteiger charge is 2.32. The highest BCUT2D eigenvalue weighted by molar-refractivity contribution is 6.00. The summed E-state index contributed by atoms with van der Waals surface area (Å²) in [4.78, 5) is 19.8. The van der Waals surface area contributed by atoms with E-state index in [1.165, 1.54) is 0 Å². The van der Waals surface area contributed by atoms with Crippen molar-refractivity contribution in [2.75, 3.05) is 5.32 Å². The molecule has 1 amide bonds. The number of fused-ring (bicyclic) bond motifs is 1. The summed E-state index contributed by atoms with van der Waals surface area (Å²) in [7, 11) is 0. The molecule has 0 aliphatic heterocycles. The predicted molar refractivity (Wildman–Crippen MR) is 88.4 cm³/mol. The van der Waals surface area contributed by atoms with Gasteiger partial charge in [-0.05, 0) is 57.6 Å². The van der Waals surface area contributed by atoms with E-state index in [4.69, 9.17) is 5.73 Å². The standard InChI is InChI=1S/C17H24N4O/c1-17(2,18)12-5-3-11(4-6-12)16(22)21-14-8-10-20-15-13(14)7-9-19-15/h7-12H,3-6,18H2,1-2H3,(H2,19,20,21,22)/t11-,12-. The molecule has 5 nitrogen and oxygen atoms in total. The third kappa shape index (κ3) is 2.99. The fraction of sp³-hybridized carbons (Fsp3) is 0.529. The van der Waals surface area contributed by atoms with Crippen molar-refractivity contribution in [3.05, 3.63) is 24.5 Å². The van der Waals surface area contributed by atoms with Crippen molar-refractivity contribution < 1.29 is 4.79 Å². The topological polar surface area (TPSA) is 83.8 Å². The number of H-pyrrole nitrogens is 1. The summed E-state index contributed by atoms with van der Waals surface area (Å²) in [6.45, 7) is 4.16. The number of anilines is 1. The van der Waals surface area contributed by atoms with Gasteiger partial charge in [0, 0.05) is 29.2 Å². The highest BCUT2D eigenvalue weighted by atomic mass is 16.1. The first-order valence-electron chi connectivity index (χ1n) is 7.97. The summed E-state index contributed by atoms with van der Waals surface area (Å²) in [5, 5.41) is 4.02. The lowest BCUT2D eigenvalue weighted by Crippen LogP contribution is -2.43. The van der Waals surface area contributed by atoms with Crippen LogP contribution in [0, 0.1) is 11.8 Å². The van der Waals surface area contributed by atoms with E-state index in [1.807, 2.05) is 18.3 Å². The fourth-order valence-corrected chi connectivity index (χ4v) is 3.40. The van der Waals surface area contributed by atoms with Gasteiger partial charge in [-0.1, -0.05) is 0 Å². The first kappa shape index (κ1) is 15.0. The lowest BCUT2D eigenvalue weighted by atomic mass is 9.73. The predicted octanol–water partition coefficient (Wildman–Crippen LogP) is 3.05. The van der Waals surface area contributed by atoms with E-state index in [2.05, 4.69) is 29.1 Å². The molecule has 0 unspecified atom stereocenters. The van der Waals surface area contributed by atoms with Crippen LogP contribution in [0.15, 0.2) is 24.5 Å². The van der Waals surface area contributed by atoms with Gasteiger partial charge in [-0.25, -0.2) is 4.98 Å². The van der Waals surface area contributed by atoms with Crippen LogP contribution in [0.5, 0.6) is 0 Å². The van der Waals surface area contributed by atoms with Crippen molar-refractivity contribution >= 4 is 22.6 Å². The van der Waals surface area contributed by atoms with Crippen LogP contribution in [0.2, 0.25) is 0 Å². The zero-order valence-corrected chi connectivity index (χ0v) is 13.2. The van der Waals surface area contributed by atoms with Gasteiger partial charge in [0.25, 0.3) is 0 Å². The van der Waals surface area contributed by atoms with E-state index in [1.54, 1.807) is 6.20 Å². The molecule has 2 heterocycles. The summed E-state index contributed by atoms with van der Waals surface area (Å²) < 4.78 is 0. The van der Waals surface area contributed by atoms with Crippen LogP contribution >= 0.6 is 0 Å². The van der Waals surface area contributed by atoms with Crippen molar-refractivity contribution in [3.63, 3.8) is 0 Å². The molecule has 0 radical (unpaired) electrons. The number of aromatic amines is 1. The van der Waals surface area contributed by atoms with Gasteiger partial charge in [-0.2, -0.15) is 0 Å². The first-order valence-corrected chi connectivity index (χ1v) is 7.97. The Morgan fingerprint density at radius 1 is 1.32 bits per heavy atom. The minimum absolute atomic E-state index is 0.0840. The number of rotatable bonds is 3. The molecule has 2 aromatic heterocycles. The van der Waals surface area contributed by atoms with Crippen LogP contribution in [0.3, 0.4) is 0 Å². The molecule has 4 N–H and O–H groups in total. The third-order valence-corrected chi connectivity index (χ3v) is 4.87. The lowest BCUT2D eigenvalue weighted by molar-refractivity contribution is -0.121. The van der Waals surface area contributed by atoms with Crippen molar-refractivity contribution in [1.29, 1.82) is 0 Å². The second kappa shape index (κ2) is 5.72. The molecule has 22 heavy (non-hydrogen) atoms. The quantitative estimate of drug-likeness (QED) is 0.814. The molecule has 1 aliphatic carbocycles. The van der Waals surface area contributed by atoms with Gasteiger partial charge in [0.2, 0.25) is 5.91 Å². The molecular weight excluding hydrogens is 276 g/mol. The second-order valence-electron chi connectivity index (χ2n) is 6.96. The van der Waals surface area contributed by atoms with Crippen molar-refractivity contribution in [3.8, 4) is 0 Å². The van der Waals surface area contributed by atoms with E-state index in [0.717, 1.165) is 42.4 Å². The van der Waals surface area contributed by atoms with E-state index in [-0.39, 0.29) is 17.4 Å². The van der Waals surface area contributed by atoms with Gasteiger partial charge in [-0.3, -0.25) is 4.79 Å². The summed E-state index contributed by atoms with van der Waals surface area (Å²) in [5.74, 6) is 0.705. The van der Waals surface area contributed by atoms with E-state index < -0.39 is 0 Å². The number of amides is 1. The number of pyridine rings is 1. The smallest absolute Gasteiger partial charge is 0.227 e. The normalized spacial score (nSPS) is 22.7. The maximum atomic E-state index is 12.5. The number of carbonyl (C=O) groups is 1. The number of nitrogens with two attached hydrogens (primary N) is 1. The van der Waals surface area contributed by atoms with E-state index in [9.17, 15) is 4.79 Å². The molecule has 0 spiro atoms. The highest BCUT2D eigenvalue weighted by Crippen LogP contribution is 2.35. The average molecular weight is 300 g/mol. The van der Waals surface area contributed by atoms with E-state index in [0.29, 0.717) is 5.92 Å². The Hall–Kier alpha value is -1.88. The van der Waals surface area contributed by atoms with Gasteiger partial charge in [0.15, 0.2) is 0 Å². The molecule has 0 saturated heterocycles. The maximum absolute atomic E-state index is 12.5. The van der Waals surface area contributed by atoms with Crippen LogP contribution in [0.25, 0.3) is 11.0 Å². The third-order valence-electron chi connectivity index (χ3n) is 4.87. The largest absolute Gasteiger partial charge is 0.346 e. The summed E-state index contributed by atoms with van der Waals surface area (Å²) in [6, 6.07) is 3.79. The molecule has 1 fully saturated rings. The minimum atomic E-state index is -0.149. The Kier molecular flexibility index (Phi) is 3.91. The monoisotopic (exact) mass is 300 g/mol. The molecule has 118 valence electrons. The molecule has 1 saturated carbocycles. The van der Waals surface area contributed by atoms with Crippen LogP contribution in [0.4, 0.5) is 5.69 Å². The number of hydrogen-bond donors (Lipinski definition) is 3. The summed E-state index contributed by atoms with van der Waals surface area (Å²) >= 11 is 0. The number of hydrogen-bond acceptors (Lipinski definition) is 3.